The summed E-state index contributed by atoms with van der Waals surface area (Å²) in [5.41, 5.74) is 10.4. The molecule has 8 rings (SSSR count). The zero-order valence-electron chi connectivity index (χ0n) is 36.7. The number of halogens is 1. The molecule has 1 radical (unpaired) electrons. The quantitative estimate of drug-likeness (QED) is 0.118. The summed E-state index contributed by atoms with van der Waals surface area (Å²) >= 11 is -0.565. The van der Waals surface area contributed by atoms with Gasteiger partial charge >= 0.3 is 135 Å². The van der Waals surface area contributed by atoms with Crippen LogP contribution in [0.5, 0.6) is 0 Å². The van der Waals surface area contributed by atoms with Crippen molar-refractivity contribution in [2.75, 3.05) is 0 Å². The van der Waals surface area contributed by atoms with Crippen molar-refractivity contribution in [1.82, 2.24) is 15.0 Å². The minimum Gasteiger partial charge on any atom is 0 e. The number of hydrogen-bond donors (Lipinski definition) is 0. The average Bonchev–Trinajstić information content (AvgIpc) is 3.82. The SMILES string of the molecule is Cc1cc(-c2[c-]cc3sc4nc(-c5c(C)cc(F)cc5C)ccc4c3c2)ncc1CC1CCCC1.[2H]C([2H])(c1cc(-c2[c-]cccc2)nc[c]1[Ge]([CH3])([CH3])[CH3])C(C)(C)C.[Ir]. The molecule has 1 aliphatic carbocycles. The van der Waals surface area contributed by atoms with Crippen molar-refractivity contribution in [2.24, 2.45) is 11.3 Å². The minimum atomic E-state index is -2.24. The molecule has 4 aromatic heterocycles. The fraction of sp³-hybridized carbons (Fsp3) is 0.340. The number of rotatable bonds is 7. The second-order valence-corrected chi connectivity index (χ2v) is 29.2. The molecule has 7 heteroatoms. The van der Waals surface area contributed by atoms with E-state index in [4.69, 9.17) is 12.7 Å². The van der Waals surface area contributed by atoms with Crippen LogP contribution in [0.4, 0.5) is 4.39 Å². The topological polar surface area (TPSA) is 38.7 Å². The molecule has 1 saturated carbocycles. The first kappa shape index (κ1) is 40.2. The van der Waals surface area contributed by atoms with Crippen LogP contribution in [-0.2, 0) is 32.9 Å². The summed E-state index contributed by atoms with van der Waals surface area (Å²) in [7, 11) is 0. The standard InChI is InChI=1S/C31H28FN2S.C19H26GeN.Ir/c1-18-14-28(33-17-23(18)15-21-6-4-5-7-21)22-8-11-29-26(16-22)25-9-10-27(34-31(25)35-29)30-19(2)12-24(32)13-20(30)3;1-19(2,3)13-16-12-18(15-10-8-7-9-11-15)21-14-17(16)20(4,5)6;/h9-14,16-17,21H,4-7,15H2,1-3H3;7-10,12,14H,13H2,1-6H3;/q2*-1;/i;13D2;. The van der Waals surface area contributed by atoms with Gasteiger partial charge in [-0.1, -0.05) is 48.8 Å². The summed E-state index contributed by atoms with van der Waals surface area (Å²) in [5.74, 6) is 7.47. The first-order valence-corrected chi connectivity index (χ1v) is 28.0. The summed E-state index contributed by atoms with van der Waals surface area (Å²) in [6.07, 6.45) is 9.19. The summed E-state index contributed by atoms with van der Waals surface area (Å²) in [6, 6.07) is 30.1. The van der Waals surface area contributed by atoms with E-state index < -0.39 is 25.1 Å². The molecule has 1 aliphatic rings. The Labute approximate surface area is 362 Å². The van der Waals surface area contributed by atoms with E-state index >= 15 is 0 Å². The summed E-state index contributed by atoms with van der Waals surface area (Å²) in [4.78, 5) is 15.4. The maximum absolute atomic E-state index is 13.8. The molecule has 4 heterocycles. The molecule has 0 bridgehead atoms. The van der Waals surface area contributed by atoms with Gasteiger partial charge in [-0.3, -0.25) is 0 Å². The number of thiophene rings is 1. The van der Waals surface area contributed by atoms with Crippen molar-refractivity contribution in [2.45, 2.75) is 97.3 Å². The molecule has 57 heavy (non-hydrogen) atoms. The van der Waals surface area contributed by atoms with Gasteiger partial charge < -0.3 is 4.98 Å². The van der Waals surface area contributed by atoms with Gasteiger partial charge in [0.05, 0.1) is 5.69 Å². The van der Waals surface area contributed by atoms with Gasteiger partial charge in [-0.15, -0.1) is 23.8 Å². The van der Waals surface area contributed by atoms with Crippen molar-refractivity contribution in [1.29, 1.82) is 0 Å². The Morgan fingerprint density at radius 2 is 1.51 bits per heavy atom. The van der Waals surface area contributed by atoms with Crippen molar-refractivity contribution < 1.29 is 27.2 Å². The van der Waals surface area contributed by atoms with Crippen LogP contribution < -0.4 is 4.40 Å². The largest absolute Gasteiger partial charge is 0 e. The normalized spacial score (nSPS) is 14.2. The molecular weight excluding hydrogens is 958 g/mol. The van der Waals surface area contributed by atoms with Crippen LogP contribution in [0.25, 0.3) is 54.1 Å². The van der Waals surface area contributed by atoms with Crippen LogP contribution in [0.2, 0.25) is 17.3 Å². The molecule has 3 aromatic carbocycles. The van der Waals surface area contributed by atoms with Gasteiger partial charge in [0.2, 0.25) is 0 Å². The van der Waals surface area contributed by atoms with E-state index in [1.54, 1.807) is 23.5 Å². The third kappa shape index (κ3) is 10.2. The molecule has 297 valence electrons. The number of nitrogens with zero attached hydrogens (tertiary/aromatic N) is 3. The molecule has 0 aliphatic heterocycles. The maximum Gasteiger partial charge on any atom is 0 e. The van der Waals surface area contributed by atoms with Crippen LogP contribution in [-0.4, -0.2) is 28.2 Å². The molecule has 0 N–H and O–H groups in total. The predicted octanol–water partition coefficient (Wildman–Crippen LogP) is 13.5. The fourth-order valence-corrected chi connectivity index (χ4v) is 11.9. The van der Waals surface area contributed by atoms with E-state index in [1.807, 2.05) is 71.1 Å². The Bertz CT molecular complexity index is 2580. The van der Waals surface area contributed by atoms with Gasteiger partial charge in [-0.05, 0) is 83.8 Å². The molecule has 3 nitrogen and oxygen atoms in total. The second-order valence-electron chi connectivity index (χ2n) is 17.6. The van der Waals surface area contributed by atoms with Crippen molar-refractivity contribution in [3.05, 3.63) is 131 Å². The Hall–Kier alpha value is -3.55. The Kier molecular flexibility index (Phi) is 12.5. The van der Waals surface area contributed by atoms with Crippen LogP contribution in [0.1, 0.15) is 77.0 Å². The molecule has 0 saturated heterocycles. The Morgan fingerprint density at radius 1 is 0.807 bits per heavy atom. The van der Waals surface area contributed by atoms with Crippen molar-refractivity contribution in [3.8, 4) is 33.8 Å². The molecule has 0 atom stereocenters. The molecular formula is C50H54FGeIrN3S-2. The van der Waals surface area contributed by atoms with Gasteiger partial charge in [0.25, 0.3) is 0 Å². The zero-order valence-corrected chi connectivity index (χ0v) is 40.0. The van der Waals surface area contributed by atoms with Gasteiger partial charge in [0.1, 0.15) is 10.6 Å². The zero-order chi connectivity index (χ0) is 41.6. The Morgan fingerprint density at radius 3 is 2.16 bits per heavy atom. The Balaban J connectivity index is 0.000000213. The average molecular weight is 1010 g/mol. The number of fused-ring (bicyclic) bond motifs is 3. The van der Waals surface area contributed by atoms with Crippen LogP contribution in [0.15, 0.2) is 85.2 Å². The third-order valence-electron chi connectivity index (χ3n) is 10.7. The molecule has 0 amide bonds. The summed E-state index contributed by atoms with van der Waals surface area (Å²) in [5, 5.41) is 2.32. The molecule has 1 fully saturated rings. The number of aryl methyl sites for hydroxylation is 3. The molecule has 0 unspecified atom stereocenters. The number of pyridine rings is 3. The van der Waals surface area contributed by atoms with Gasteiger partial charge in [-0.25, -0.2) is 9.37 Å². The fourth-order valence-electron chi connectivity index (χ4n) is 7.93. The molecule has 7 aromatic rings. The number of aromatic nitrogens is 3. The third-order valence-corrected chi connectivity index (χ3v) is 16.0. The monoisotopic (exact) mass is 1020 g/mol. The van der Waals surface area contributed by atoms with E-state index in [2.05, 4.69) is 77.8 Å². The maximum atomic E-state index is 13.8. The van der Waals surface area contributed by atoms with E-state index in [-0.39, 0.29) is 25.9 Å². The number of benzene rings is 3. The van der Waals surface area contributed by atoms with Crippen molar-refractivity contribution in [3.63, 3.8) is 0 Å². The summed E-state index contributed by atoms with van der Waals surface area (Å²) in [6.45, 7) is 12.0. The van der Waals surface area contributed by atoms with Gasteiger partial charge in [-0.2, -0.15) is 11.3 Å². The minimum absolute atomic E-state index is 0. The van der Waals surface area contributed by atoms with Crippen LogP contribution >= 0.6 is 11.3 Å². The second kappa shape index (κ2) is 17.7. The molecule has 0 spiro atoms. The summed E-state index contributed by atoms with van der Waals surface area (Å²) < 4.78 is 33.6. The predicted molar refractivity (Wildman–Crippen MR) is 239 cm³/mol. The first-order chi connectivity index (χ1) is 27.4. The smallest absolute Gasteiger partial charge is 0 e. The van der Waals surface area contributed by atoms with Crippen LogP contribution in [0, 0.1) is 50.1 Å². The van der Waals surface area contributed by atoms with Crippen LogP contribution in [0.3, 0.4) is 0 Å². The van der Waals surface area contributed by atoms with Gasteiger partial charge in [0, 0.05) is 31.9 Å². The van der Waals surface area contributed by atoms with E-state index in [0.29, 0.717) is 0 Å². The van der Waals surface area contributed by atoms with E-state index in [1.165, 1.54) is 42.2 Å². The van der Waals surface area contributed by atoms with Gasteiger partial charge in [0.15, 0.2) is 0 Å². The number of hydrogen-bond acceptors (Lipinski definition) is 4. The van der Waals surface area contributed by atoms with E-state index in [9.17, 15) is 4.39 Å². The van der Waals surface area contributed by atoms with Crippen molar-refractivity contribution >= 4 is 49.3 Å². The first-order valence-electron chi connectivity index (χ1n) is 20.9. The van der Waals surface area contributed by atoms with E-state index in [0.717, 1.165) is 82.1 Å².